The number of nitrogens with zero attached hydrogens (tertiary/aromatic N) is 6. The molecule has 3 aromatic rings. The fraction of sp³-hybridized carbons (Fsp3) is 0.333. The van der Waals surface area contributed by atoms with Crippen LogP contribution < -0.4 is 10.2 Å². The summed E-state index contributed by atoms with van der Waals surface area (Å²) in [5.74, 6) is -1.07. The first kappa shape index (κ1) is 25.1. The number of anilines is 3. The van der Waals surface area contributed by atoms with Crippen LogP contribution in [0.2, 0.25) is 0 Å². The molecule has 0 spiro atoms. The van der Waals surface area contributed by atoms with Crippen molar-refractivity contribution in [1.82, 2.24) is 24.9 Å². The van der Waals surface area contributed by atoms with E-state index in [4.69, 9.17) is 4.74 Å². The Morgan fingerprint density at radius 1 is 1.00 bits per heavy atom. The van der Waals surface area contributed by atoms with Crippen molar-refractivity contribution in [1.29, 1.82) is 0 Å². The highest BCUT2D eigenvalue weighted by Crippen LogP contribution is 2.32. The fourth-order valence-electron chi connectivity index (χ4n) is 3.31. The number of amides is 1. The van der Waals surface area contributed by atoms with Crippen molar-refractivity contribution in [2.75, 3.05) is 16.8 Å². The van der Waals surface area contributed by atoms with Crippen LogP contribution in [0.25, 0.3) is 11.5 Å². The first-order valence-electron chi connectivity index (χ1n) is 10.4. The third-order valence-electron chi connectivity index (χ3n) is 5.09. The van der Waals surface area contributed by atoms with E-state index in [1.165, 1.54) is 12.1 Å². The quantitative estimate of drug-likeness (QED) is 0.471. The molecule has 1 N–H and O–H groups in total. The summed E-state index contributed by atoms with van der Waals surface area (Å²) in [7, 11) is 0. The van der Waals surface area contributed by atoms with Gasteiger partial charge >= 0.3 is 18.4 Å². The smallest absolute Gasteiger partial charge is 0.433 e. The van der Waals surface area contributed by atoms with Crippen molar-refractivity contribution in [3.8, 4) is 11.5 Å². The average molecular weight is 513 g/mol. The summed E-state index contributed by atoms with van der Waals surface area (Å²) in [6.45, 7) is 3.64. The highest BCUT2D eigenvalue weighted by molar-refractivity contribution is 5.88. The molecule has 1 atom stereocenters. The van der Waals surface area contributed by atoms with Gasteiger partial charge in [0, 0.05) is 11.9 Å². The van der Waals surface area contributed by atoms with E-state index >= 15 is 0 Å². The third kappa shape index (κ3) is 5.28. The number of nitrogens with one attached hydrogen (secondary N) is 1. The molecule has 4 heterocycles. The van der Waals surface area contributed by atoms with Crippen LogP contribution in [0.3, 0.4) is 0 Å². The van der Waals surface area contributed by atoms with Crippen molar-refractivity contribution >= 4 is 23.7 Å². The maximum atomic E-state index is 13.2. The van der Waals surface area contributed by atoms with Crippen molar-refractivity contribution in [3.05, 3.63) is 47.9 Å². The molecule has 1 amide bonds. The van der Waals surface area contributed by atoms with Gasteiger partial charge in [-0.1, -0.05) is 19.9 Å². The molecule has 4 rings (SSSR count). The molecule has 0 radical (unpaired) electrons. The van der Waals surface area contributed by atoms with Crippen LogP contribution in [0.5, 0.6) is 0 Å². The number of rotatable bonds is 5. The van der Waals surface area contributed by atoms with Crippen LogP contribution in [-0.2, 0) is 17.1 Å². The van der Waals surface area contributed by atoms with E-state index in [1.807, 2.05) is 13.8 Å². The summed E-state index contributed by atoms with van der Waals surface area (Å²) in [6, 6.07) is 4.48. The minimum atomic E-state index is -4.75. The van der Waals surface area contributed by atoms with E-state index in [1.54, 1.807) is 0 Å². The second kappa shape index (κ2) is 9.20. The van der Waals surface area contributed by atoms with Gasteiger partial charge in [-0.3, -0.25) is 4.98 Å². The Kier molecular flexibility index (Phi) is 6.41. The van der Waals surface area contributed by atoms with Gasteiger partial charge < -0.3 is 10.1 Å². The Balaban J connectivity index is 1.82. The molecule has 1 fully saturated rings. The predicted octanol–water partition coefficient (Wildman–Crippen LogP) is 5.09. The van der Waals surface area contributed by atoms with E-state index in [0.717, 1.165) is 23.2 Å². The van der Waals surface area contributed by atoms with E-state index < -0.39 is 35.9 Å². The molecule has 3 aromatic heterocycles. The molecule has 0 bridgehead atoms. The number of cyclic esters (lactones) is 1. The Morgan fingerprint density at radius 2 is 1.72 bits per heavy atom. The zero-order chi connectivity index (χ0) is 26.3. The van der Waals surface area contributed by atoms with Gasteiger partial charge in [-0.2, -0.15) is 41.3 Å². The topological polar surface area (TPSA) is 106 Å². The van der Waals surface area contributed by atoms with Gasteiger partial charge in [0.2, 0.25) is 11.9 Å². The lowest BCUT2D eigenvalue weighted by molar-refractivity contribution is -0.141. The van der Waals surface area contributed by atoms with Crippen LogP contribution in [0.4, 0.5) is 48.7 Å². The number of carbonyl (C=O) groups is 1. The van der Waals surface area contributed by atoms with Crippen molar-refractivity contribution in [3.63, 3.8) is 0 Å². The highest BCUT2D eigenvalue weighted by Gasteiger charge is 2.39. The van der Waals surface area contributed by atoms with Crippen LogP contribution in [0.1, 0.15) is 25.2 Å². The van der Waals surface area contributed by atoms with E-state index in [0.29, 0.717) is 6.07 Å². The summed E-state index contributed by atoms with van der Waals surface area (Å²) < 4.78 is 83.9. The third-order valence-corrected chi connectivity index (χ3v) is 5.09. The number of halogens is 6. The number of hydrogen-bond donors (Lipinski definition) is 1. The minimum absolute atomic E-state index is 0.0153. The Morgan fingerprint density at radius 3 is 2.39 bits per heavy atom. The van der Waals surface area contributed by atoms with Crippen LogP contribution in [-0.4, -0.2) is 43.7 Å². The Labute approximate surface area is 199 Å². The number of carbonyl (C=O) groups excluding carboxylic acids is 1. The van der Waals surface area contributed by atoms with E-state index in [9.17, 15) is 31.1 Å². The molecule has 36 heavy (non-hydrogen) atoms. The zero-order valence-corrected chi connectivity index (χ0v) is 18.6. The number of pyridine rings is 2. The second-order valence-electron chi connectivity index (χ2n) is 8.00. The van der Waals surface area contributed by atoms with Gasteiger partial charge in [0.25, 0.3) is 0 Å². The van der Waals surface area contributed by atoms with Gasteiger partial charge in [0.05, 0.1) is 6.04 Å². The average Bonchev–Trinajstić information content (AvgIpc) is 3.20. The summed E-state index contributed by atoms with van der Waals surface area (Å²) in [6.07, 6.45) is -9.36. The highest BCUT2D eigenvalue weighted by atomic mass is 19.4. The summed E-state index contributed by atoms with van der Waals surface area (Å²) in [4.78, 5) is 32.7. The number of ether oxygens (including phenoxy) is 1. The van der Waals surface area contributed by atoms with Crippen LogP contribution in [0.15, 0.2) is 36.5 Å². The van der Waals surface area contributed by atoms with Gasteiger partial charge in [-0.25, -0.2) is 14.7 Å². The largest absolute Gasteiger partial charge is 0.447 e. The maximum Gasteiger partial charge on any atom is 0.433 e. The predicted molar refractivity (Wildman–Crippen MR) is 113 cm³/mol. The lowest BCUT2D eigenvalue weighted by atomic mass is 10.1. The molecular formula is C21H17F6N7O2. The molecule has 1 aliphatic heterocycles. The minimum Gasteiger partial charge on any atom is -0.447 e. The van der Waals surface area contributed by atoms with Crippen molar-refractivity contribution in [2.24, 2.45) is 5.92 Å². The van der Waals surface area contributed by atoms with E-state index in [2.05, 4.69) is 30.2 Å². The molecule has 15 heteroatoms. The SMILES string of the molecule is CC(C)C1COC(=O)N1c1nc(Nc2ccnc(C(F)(F)F)c2)nc(-c2cccc(C(F)(F)F)n2)n1. The summed E-state index contributed by atoms with van der Waals surface area (Å²) in [5, 5.41) is 2.56. The molecule has 190 valence electrons. The van der Waals surface area contributed by atoms with Crippen molar-refractivity contribution in [2.45, 2.75) is 32.2 Å². The Bertz CT molecular complexity index is 1280. The summed E-state index contributed by atoms with van der Waals surface area (Å²) >= 11 is 0. The molecule has 1 aliphatic rings. The lowest BCUT2D eigenvalue weighted by Crippen LogP contribution is -2.38. The maximum absolute atomic E-state index is 13.2. The molecule has 1 unspecified atom stereocenters. The molecule has 0 aliphatic carbocycles. The molecule has 0 aromatic carbocycles. The number of alkyl halides is 6. The number of aromatic nitrogens is 5. The normalized spacial score (nSPS) is 16.4. The molecule has 1 saturated heterocycles. The molecule has 9 nitrogen and oxygen atoms in total. The first-order chi connectivity index (χ1) is 16.8. The monoisotopic (exact) mass is 513 g/mol. The van der Waals surface area contributed by atoms with Gasteiger partial charge in [-0.15, -0.1) is 0 Å². The zero-order valence-electron chi connectivity index (χ0n) is 18.6. The van der Waals surface area contributed by atoms with Crippen LogP contribution in [0, 0.1) is 5.92 Å². The van der Waals surface area contributed by atoms with E-state index in [-0.39, 0.29) is 41.6 Å². The van der Waals surface area contributed by atoms with Gasteiger partial charge in [-0.05, 0) is 30.2 Å². The first-order valence-corrected chi connectivity index (χ1v) is 10.4. The lowest BCUT2D eigenvalue weighted by Gasteiger charge is -2.23. The van der Waals surface area contributed by atoms with Gasteiger partial charge in [0.15, 0.2) is 5.82 Å². The second-order valence-corrected chi connectivity index (χ2v) is 8.00. The van der Waals surface area contributed by atoms with Crippen molar-refractivity contribution < 1.29 is 35.9 Å². The molecule has 0 saturated carbocycles. The fourth-order valence-corrected chi connectivity index (χ4v) is 3.31. The van der Waals surface area contributed by atoms with Gasteiger partial charge in [0.1, 0.15) is 23.7 Å². The Hall–Kier alpha value is -4.04. The standard InChI is InChI=1S/C21H17F6N7O2/c1-10(2)13-9-36-19(35)34(13)18-32-16(12-4-3-5-14(30-12)20(22,23)24)31-17(33-18)29-11-6-7-28-15(8-11)21(25,26)27/h3-8,10,13H,9H2,1-2H3,(H,28,29,31,32,33). The number of hydrogen-bond acceptors (Lipinski definition) is 8. The molecular weight excluding hydrogens is 496 g/mol. The van der Waals surface area contributed by atoms with Crippen LogP contribution >= 0.6 is 0 Å². The summed E-state index contributed by atoms with van der Waals surface area (Å²) in [5.41, 5.74) is -2.80.